The van der Waals surface area contributed by atoms with Crippen molar-refractivity contribution in [2.24, 2.45) is 0 Å². The molecule has 2 atom stereocenters. The maximum Gasteiger partial charge on any atom is 0.180 e. The van der Waals surface area contributed by atoms with Crippen LogP contribution in [0, 0.1) is 11.5 Å². The van der Waals surface area contributed by atoms with E-state index in [1.807, 2.05) is 49.4 Å². The molecule has 9 nitrogen and oxygen atoms in total. The lowest BCUT2D eigenvalue weighted by Crippen LogP contribution is -2.37. The van der Waals surface area contributed by atoms with Gasteiger partial charge in [-0.15, -0.1) is 0 Å². The van der Waals surface area contributed by atoms with Crippen LogP contribution in [-0.4, -0.2) is 51.7 Å². The van der Waals surface area contributed by atoms with Crippen LogP contribution in [0.3, 0.4) is 0 Å². The number of nitrogen functional groups attached to an aromatic ring is 1. The minimum atomic E-state index is -3.67. The van der Waals surface area contributed by atoms with E-state index in [1.54, 1.807) is 17.3 Å². The normalized spacial score (nSPS) is 18.5. The molecule has 5 rings (SSSR count). The Morgan fingerprint density at radius 2 is 1.89 bits per heavy atom. The van der Waals surface area contributed by atoms with Crippen LogP contribution in [0.2, 0.25) is 0 Å². The van der Waals surface area contributed by atoms with Crippen molar-refractivity contribution in [3.05, 3.63) is 60.6 Å². The van der Waals surface area contributed by atoms with E-state index < -0.39 is 9.84 Å². The number of anilines is 1. The Morgan fingerprint density at radius 3 is 2.51 bits per heavy atom. The molecular formula is C25H25N7O2S. The van der Waals surface area contributed by atoms with Crippen molar-refractivity contribution in [2.45, 2.75) is 36.6 Å². The molecule has 0 saturated carbocycles. The number of hydrogen-bond acceptors (Lipinski definition) is 8. The van der Waals surface area contributed by atoms with E-state index in [0.29, 0.717) is 36.3 Å². The summed E-state index contributed by atoms with van der Waals surface area (Å²) < 4.78 is 26.9. The smallest absolute Gasteiger partial charge is 0.180 e. The average molecular weight is 488 g/mol. The zero-order chi connectivity index (χ0) is 24.7. The van der Waals surface area contributed by atoms with E-state index >= 15 is 0 Å². The molecule has 10 heteroatoms. The van der Waals surface area contributed by atoms with Crippen molar-refractivity contribution in [1.29, 1.82) is 5.26 Å². The highest BCUT2D eigenvalue weighted by Gasteiger charge is 2.33. The van der Waals surface area contributed by atoms with Gasteiger partial charge in [0.1, 0.15) is 10.7 Å². The third-order valence-electron chi connectivity index (χ3n) is 6.57. The molecule has 0 aliphatic carbocycles. The SMILES string of the molecule is C[C@H]1C[C@H](c2nc3c(-c4ccc(-c5ccccc5)nc4)cnn3c(N)c2S(C)(=O)=O)CCN1C#N. The van der Waals surface area contributed by atoms with E-state index in [2.05, 4.69) is 16.3 Å². The summed E-state index contributed by atoms with van der Waals surface area (Å²) >= 11 is 0. The highest BCUT2D eigenvalue weighted by atomic mass is 32.2. The van der Waals surface area contributed by atoms with Crippen LogP contribution in [0.15, 0.2) is 59.8 Å². The molecule has 1 fully saturated rings. The summed E-state index contributed by atoms with van der Waals surface area (Å²) in [5, 5.41) is 13.7. The van der Waals surface area contributed by atoms with Crippen LogP contribution in [0.1, 0.15) is 31.4 Å². The molecular weight excluding hydrogens is 462 g/mol. The molecule has 35 heavy (non-hydrogen) atoms. The zero-order valence-electron chi connectivity index (χ0n) is 19.5. The Kier molecular flexibility index (Phi) is 5.65. The molecule has 2 N–H and O–H groups in total. The van der Waals surface area contributed by atoms with Gasteiger partial charge in [-0.2, -0.15) is 14.9 Å². The molecule has 1 aromatic carbocycles. The lowest BCUT2D eigenvalue weighted by molar-refractivity contribution is 0.216. The molecule has 0 unspecified atom stereocenters. The second-order valence-electron chi connectivity index (χ2n) is 8.94. The number of fused-ring (bicyclic) bond motifs is 1. The molecule has 4 aromatic rings. The monoisotopic (exact) mass is 487 g/mol. The van der Waals surface area contributed by atoms with Gasteiger partial charge in [0.2, 0.25) is 0 Å². The van der Waals surface area contributed by atoms with Crippen molar-refractivity contribution < 1.29 is 8.42 Å². The van der Waals surface area contributed by atoms with Gasteiger partial charge in [-0.1, -0.05) is 36.4 Å². The Labute approximate surface area is 203 Å². The van der Waals surface area contributed by atoms with Gasteiger partial charge >= 0.3 is 0 Å². The molecule has 0 amide bonds. The first-order valence-corrected chi connectivity index (χ1v) is 13.2. The van der Waals surface area contributed by atoms with E-state index in [4.69, 9.17) is 10.7 Å². The minimum absolute atomic E-state index is 0.0137. The average Bonchev–Trinajstić information content (AvgIpc) is 3.28. The first-order valence-electron chi connectivity index (χ1n) is 11.3. The fourth-order valence-electron chi connectivity index (χ4n) is 4.78. The van der Waals surface area contributed by atoms with Crippen molar-refractivity contribution in [2.75, 3.05) is 18.5 Å². The van der Waals surface area contributed by atoms with Crippen molar-refractivity contribution in [3.8, 4) is 28.6 Å². The standard InChI is InChI=1S/C25H25N7O2S/c1-16-12-18(10-11-31(16)15-26)22-23(35(2,33)34)24(27)32-25(30-22)20(14-29-32)19-8-9-21(28-13-19)17-6-4-3-5-7-17/h3-9,13-14,16,18H,10-12,27H2,1-2H3/t16-,18+/m0/s1. The van der Waals surface area contributed by atoms with Crippen molar-refractivity contribution in [3.63, 3.8) is 0 Å². The third-order valence-corrected chi connectivity index (χ3v) is 7.73. The van der Waals surface area contributed by atoms with Crippen LogP contribution < -0.4 is 5.73 Å². The quantitative estimate of drug-likeness (QED) is 0.433. The van der Waals surface area contributed by atoms with Crippen molar-refractivity contribution >= 4 is 21.3 Å². The second kappa shape index (κ2) is 8.67. The summed E-state index contributed by atoms with van der Waals surface area (Å²) in [7, 11) is -3.67. The largest absolute Gasteiger partial charge is 0.382 e. The van der Waals surface area contributed by atoms with Crippen LogP contribution in [-0.2, 0) is 9.84 Å². The van der Waals surface area contributed by atoms with E-state index in [0.717, 1.165) is 23.1 Å². The van der Waals surface area contributed by atoms with Gasteiger partial charge < -0.3 is 10.6 Å². The number of likely N-dealkylation sites (tertiary alicyclic amines) is 1. The fourth-order valence-corrected chi connectivity index (χ4v) is 5.84. The fraction of sp³-hybridized carbons (Fsp3) is 0.280. The summed E-state index contributed by atoms with van der Waals surface area (Å²) in [5.74, 6) is -0.101. The maximum absolute atomic E-state index is 12.8. The zero-order valence-corrected chi connectivity index (χ0v) is 20.3. The number of piperidine rings is 1. The Bertz CT molecular complexity index is 1540. The Morgan fingerprint density at radius 1 is 1.11 bits per heavy atom. The molecule has 4 heterocycles. The predicted octanol–water partition coefficient (Wildman–Crippen LogP) is 3.49. The predicted molar refractivity (Wildman–Crippen MR) is 133 cm³/mol. The highest BCUT2D eigenvalue weighted by molar-refractivity contribution is 7.91. The minimum Gasteiger partial charge on any atom is -0.382 e. The third kappa shape index (κ3) is 4.08. The van der Waals surface area contributed by atoms with Gasteiger partial charge in [0.05, 0.1) is 17.6 Å². The number of benzene rings is 1. The molecule has 1 aliphatic rings. The molecule has 3 aromatic heterocycles. The number of nitrogens with two attached hydrogens (primary N) is 1. The number of nitrogens with zero attached hydrogens (tertiary/aromatic N) is 6. The summed E-state index contributed by atoms with van der Waals surface area (Å²) in [6, 6.07) is 13.7. The number of nitriles is 1. The Balaban J connectivity index is 1.62. The molecule has 0 radical (unpaired) electrons. The number of pyridine rings is 1. The first kappa shape index (κ1) is 22.8. The lowest BCUT2D eigenvalue weighted by atomic mass is 9.89. The van der Waals surface area contributed by atoms with E-state index in [1.165, 1.54) is 4.52 Å². The van der Waals surface area contributed by atoms with Gasteiger partial charge in [0.15, 0.2) is 21.7 Å². The molecule has 178 valence electrons. The molecule has 0 spiro atoms. The summed E-state index contributed by atoms with van der Waals surface area (Å²) in [6.07, 6.45) is 7.95. The van der Waals surface area contributed by atoms with Crippen molar-refractivity contribution in [1.82, 2.24) is 24.5 Å². The second-order valence-corrected chi connectivity index (χ2v) is 10.9. The summed E-state index contributed by atoms with van der Waals surface area (Å²) in [6.45, 7) is 2.50. The van der Waals surface area contributed by atoms with Crippen LogP contribution in [0.25, 0.3) is 28.0 Å². The molecule has 1 saturated heterocycles. The van der Waals surface area contributed by atoms with Gasteiger partial charge in [0, 0.05) is 47.6 Å². The first-order chi connectivity index (χ1) is 16.8. The topological polar surface area (TPSA) is 130 Å². The van der Waals surface area contributed by atoms with E-state index in [-0.39, 0.29) is 22.7 Å². The van der Waals surface area contributed by atoms with Crippen LogP contribution in [0.5, 0.6) is 0 Å². The lowest BCUT2D eigenvalue weighted by Gasteiger charge is -2.34. The summed E-state index contributed by atoms with van der Waals surface area (Å²) in [5.41, 5.74) is 10.7. The van der Waals surface area contributed by atoms with Gasteiger partial charge in [-0.05, 0) is 25.8 Å². The maximum atomic E-state index is 12.8. The number of hydrogen-bond donors (Lipinski definition) is 1. The molecule has 1 aliphatic heterocycles. The number of rotatable bonds is 4. The highest BCUT2D eigenvalue weighted by Crippen LogP contribution is 2.38. The number of sulfone groups is 1. The van der Waals surface area contributed by atoms with Crippen LogP contribution in [0.4, 0.5) is 5.82 Å². The van der Waals surface area contributed by atoms with Gasteiger partial charge in [-0.3, -0.25) is 4.98 Å². The molecule has 0 bridgehead atoms. The van der Waals surface area contributed by atoms with Crippen LogP contribution >= 0.6 is 0 Å². The van der Waals surface area contributed by atoms with E-state index in [9.17, 15) is 13.7 Å². The Hall–Kier alpha value is -3.97. The summed E-state index contributed by atoms with van der Waals surface area (Å²) in [4.78, 5) is 11.2. The van der Waals surface area contributed by atoms with Gasteiger partial charge in [-0.25, -0.2) is 13.4 Å². The van der Waals surface area contributed by atoms with Gasteiger partial charge in [0.25, 0.3) is 0 Å². The number of aromatic nitrogens is 4.